The zero-order valence-corrected chi connectivity index (χ0v) is 20.0. The molecule has 2 aromatic heterocycles. The molecular formula is C25H26ClF2N5O2. The molecule has 3 aromatic rings. The van der Waals surface area contributed by atoms with Crippen LogP contribution in [0, 0.1) is 30.4 Å². The lowest BCUT2D eigenvalue weighted by Gasteiger charge is -2.13. The number of amides is 3. The van der Waals surface area contributed by atoms with Crippen molar-refractivity contribution in [3.8, 4) is 11.1 Å². The maximum Gasteiger partial charge on any atom is 0.319 e. The number of aryl methyl sites for hydroxylation is 1. The molecule has 3 amide bonds. The fourth-order valence-corrected chi connectivity index (χ4v) is 3.89. The number of urea groups is 1. The van der Waals surface area contributed by atoms with Gasteiger partial charge in [0, 0.05) is 53.0 Å². The Bertz CT molecular complexity index is 1290. The molecule has 2 heterocycles. The number of anilines is 2. The number of nitrogens with zero attached hydrogens (tertiary/aromatic N) is 2. The van der Waals surface area contributed by atoms with E-state index in [4.69, 9.17) is 0 Å². The van der Waals surface area contributed by atoms with E-state index in [-0.39, 0.29) is 35.5 Å². The predicted molar refractivity (Wildman–Crippen MR) is 133 cm³/mol. The van der Waals surface area contributed by atoms with Gasteiger partial charge in [0.2, 0.25) is 5.91 Å². The molecule has 35 heavy (non-hydrogen) atoms. The summed E-state index contributed by atoms with van der Waals surface area (Å²) in [5.41, 5.74) is 1.57. The van der Waals surface area contributed by atoms with Crippen LogP contribution in [0.1, 0.15) is 37.8 Å². The van der Waals surface area contributed by atoms with Gasteiger partial charge in [-0.1, -0.05) is 12.8 Å². The first-order valence-corrected chi connectivity index (χ1v) is 11.5. The van der Waals surface area contributed by atoms with Crippen LogP contribution in [0.15, 0.2) is 30.5 Å². The van der Waals surface area contributed by atoms with Crippen LogP contribution in [-0.4, -0.2) is 28.5 Å². The largest absolute Gasteiger partial charge is 0.338 e. The van der Waals surface area contributed by atoms with Crippen molar-refractivity contribution >= 4 is 46.8 Å². The first-order valence-electron chi connectivity index (χ1n) is 11.5. The molecule has 0 aliphatic heterocycles. The van der Waals surface area contributed by atoms with Crippen molar-refractivity contribution in [3.05, 3.63) is 47.8 Å². The summed E-state index contributed by atoms with van der Waals surface area (Å²) < 4.78 is 29.1. The number of pyridine rings is 2. The van der Waals surface area contributed by atoms with E-state index in [1.165, 1.54) is 18.9 Å². The van der Waals surface area contributed by atoms with Gasteiger partial charge in [-0.25, -0.2) is 18.6 Å². The first-order chi connectivity index (χ1) is 16.4. The van der Waals surface area contributed by atoms with Crippen LogP contribution in [-0.2, 0) is 4.79 Å². The number of carbonyl (C=O) groups is 2. The lowest BCUT2D eigenvalue weighted by atomic mass is 10.0. The van der Waals surface area contributed by atoms with Crippen molar-refractivity contribution in [2.45, 2.75) is 39.0 Å². The van der Waals surface area contributed by atoms with Gasteiger partial charge in [0.25, 0.3) is 0 Å². The number of rotatable bonds is 7. The van der Waals surface area contributed by atoms with Crippen LogP contribution in [0.4, 0.5) is 25.1 Å². The summed E-state index contributed by atoms with van der Waals surface area (Å²) in [6.45, 7) is 2.23. The van der Waals surface area contributed by atoms with Gasteiger partial charge in [-0.15, -0.1) is 12.4 Å². The minimum atomic E-state index is -0.859. The van der Waals surface area contributed by atoms with E-state index >= 15 is 0 Å². The highest BCUT2D eigenvalue weighted by Crippen LogP contribution is 2.34. The van der Waals surface area contributed by atoms with E-state index < -0.39 is 17.7 Å². The van der Waals surface area contributed by atoms with Gasteiger partial charge in [-0.05, 0) is 44.2 Å². The van der Waals surface area contributed by atoms with Crippen molar-refractivity contribution < 1.29 is 18.4 Å². The molecule has 184 valence electrons. The Morgan fingerprint density at radius 1 is 1.00 bits per heavy atom. The van der Waals surface area contributed by atoms with E-state index in [0.717, 1.165) is 25.3 Å². The number of fused-ring (bicyclic) bond motifs is 1. The summed E-state index contributed by atoms with van der Waals surface area (Å²) in [7, 11) is 0. The topological polar surface area (TPSA) is 96.0 Å². The lowest BCUT2D eigenvalue weighted by molar-refractivity contribution is -0.117. The third-order valence-electron chi connectivity index (χ3n) is 6.22. The summed E-state index contributed by atoms with van der Waals surface area (Å²) in [5, 5.41) is 8.61. The minimum absolute atomic E-state index is 0. The summed E-state index contributed by atoms with van der Waals surface area (Å²) in [6.07, 6.45) is 6.60. The van der Waals surface area contributed by atoms with Crippen LogP contribution in [0.25, 0.3) is 22.0 Å². The number of benzene rings is 1. The fourth-order valence-electron chi connectivity index (χ4n) is 3.89. The maximum absolute atomic E-state index is 14.8. The Kier molecular flexibility index (Phi) is 7.16. The molecule has 0 saturated heterocycles. The summed E-state index contributed by atoms with van der Waals surface area (Å²) in [4.78, 5) is 33.0. The number of aromatic nitrogens is 2. The van der Waals surface area contributed by atoms with E-state index in [0.29, 0.717) is 40.4 Å². The Morgan fingerprint density at radius 2 is 1.77 bits per heavy atom. The van der Waals surface area contributed by atoms with E-state index in [9.17, 15) is 18.4 Å². The standard InChI is InChI=1S/C25H25F2N5O2.ClH/c1-13-17(8-16-12-29-23(11-21(16)30-13)32-24(33)15-4-5-15)18-9-22(20(27)10-19(18)26)31-25(34)28-7-6-14-2-3-14;/h8-12,14-15H,2-7H2,1H3,(H2,28,31,34)(H,29,32,33);1H. The van der Waals surface area contributed by atoms with Crippen molar-refractivity contribution in [1.82, 2.24) is 15.3 Å². The molecule has 5 rings (SSSR count). The van der Waals surface area contributed by atoms with Crippen molar-refractivity contribution in [1.29, 1.82) is 0 Å². The second-order valence-electron chi connectivity index (χ2n) is 9.07. The van der Waals surface area contributed by atoms with Crippen molar-refractivity contribution in [3.63, 3.8) is 0 Å². The molecule has 1 aromatic carbocycles. The van der Waals surface area contributed by atoms with E-state index in [2.05, 4.69) is 25.9 Å². The van der Waals surface area contributed by atoms with Gasteiger partial charge < -0.3 is 16.0 Å². The Morgan fingerprint density at radius 3 is 2.49 bits per heavy atom. The molecule has 0 unspecified atom stereocenters. The Hall–Kier alpha value is -3.33. The molecule has 3 N–H and O–H groups in total. The van der Waals surface area contributed by atoms with Gasteiger partial charge in [0.1, 0.15) is 17.5 Å². The minimum Gasteiger partial charge on any atom is -0.338 e. The van der Waals surface area contributed by atoms with Gasteiger partial charge in [-0.3, -0.25) is 9.78 Å². The highest BCUT2D eigenvalue weighted by atomic mass is 35.5. The summed E-state index contributed by atoms with van der Waals surface area (Å²) in [5.74, 6) is -0.538. The van der Waals surface area contributed by atoms with Crippen LogP contribution in [0.2, 0.25) is 0 Å². The highest BCUT2D eigenvalue weighted by molar-refractivity contribution is 5.95. The zero-order valence-electron chi connectivity index (χ0n) is 19.2. The third-order valence-corrected chi connectivity index (χ3v) is 6.22. The van der Waals surface area contributed by atoms with Gasteiger partial charge in [0.15, 0.2) is 0 Å². The van der Waals surface area contributed by atoms with Gasteiger partial charge >= 0.3 is 6.03 Å². The van der Waals surface area contributed by atoms with Crippen LogP contribution >= 0.6 is 12.4 Å². The maximum atomic E-state index is 14.8. The summed E-state index contributed by atoms with van der Waals surface area (Å²) >= 11 is 0. The second-order valence-corrected chi connectivity index (χ2v) is 9.07. The van der Waals surface area contributed by atoms with Crippen molar-refractivity contribution in [2.75, 3.05) is 17.2 Å². The third kappa shape index (κ3) is 5.85. The fraction of sp³-hybridized carbons (Fsp3) is 0.360. The number of halogens is 3. The van der Waals surface area contributed by atoms with Crippen LogP contribution in [0.3, 0.4) is 0 Å². The number of nitrogens with one attached hydrogen (secondary N) is 3. The molecule has 10 heteroatoms. The molecule has 2 saturated carbocycles. The quantitative estimate of drug-likeness (QED) is 0.394. The molecule has 2 aliphatic carbocycles. The lowest BCUT2D eigenvalue weighted by Crippen LogP contribution is -2.30. The predicted octanol–water partition coefficient (Wildman–Crippen LogP) is 5.58. The van der Waals surface area contributed by atoms with Crippen molar-refractivity contribution in [2.24, 2.45) is 11.8 Å². The molecule has 7 nitrogen and oxygen atoms in total. The number of carbonyl (C=O) groups excluding carboxylic acids is 2. The second kappa shape index (κ2) is 10.1. The molecular weight excluding hydrogens is 476 g/mol. The molecule has 0 bridgehead atoms. The molecule has 2 fully saturated rings. The molecule has 0 radical (unpaired) electrons. The highest BCUT2D eigenvalue weighted by Gasteiger charge is 2.29. The van der Waals surface area contributed by atoms with E-state index in [1.54, 1.807) is 25.3 Å². The van der Waals surface area contributed by atoms with Crippen LogP contribution in [0.5, 0.6) is 0 Å². The van der Waals surface area contributed by atoms with E-state index in [1.807, 2.05) is 0 Å². The Balaban J connectivity index is 0.00000289. The smallest absolute Gasteiger partial charge is 0.319 e. The van der Waals surface area contributed by atoms with Gasteiger partial charge in [0.05, 0.1) is 11.2 Å². The normalized spacial score (nSPS) is 14.8. The first kappa shape index (κ1) is 24.8. The van der Waals surface area contributed by atoms with Crippen LogP contribution < -0.4 is 16.0 Å². The Labute approximate surface area is 207 Å². The molecule has 0 spiro atoms. The number of hydrogen-bond donors (Lipinski definition) is 3. The number of hydrogen-bond acceptors (Lipinski definition) is 4. The average Bonchev–Trinajstić information content (AvgIpc) is 3.69. The zero-order chi connectivity index (χ0) is 23.8. The SMILES string of the molecule is Cc1nc2cc(NC(=O)C3CC3)ncc2cc1-c1cc(NC(=O)NCCC2CC2)c(F)cc1F.Cl. The molecule has 2 aliphatic rings. The molecule has 0 atom stereocenters. The summed E-state index contributed by atoms with van der Waals surface area (Å²) in [6, 6.07) is 4.89. The van der Waals surface area contributed by atoms with Gasteiger partial charge in [-0.2, -0.15) is 0 Å². The average molecular weight is 502 g/mol. The monoisotopic (exact) mass is 501 g/mol.